The van der Waals surface area contributed by atoms with E-state index < -0.39 is 12.1 Å². The summed E-state index contributed by atoms with van der Waals surface area (Å²) in [5, 5.41) is 8.86. The molecule has 0 aliphatic rings. The summed E-state index contributed by atoms with van der Waals surface area (Å²) in [5.41, 5.74) is 0. The van der Waals surface area contributed by atoms with E-state index in [0.717, 1.165) is 12.8 Å². The van der Waals surface area contributed by atoms with Crippen LogP contribution in [0.25, 0.3) is 0 Å². The molecular formula is C12H24O4. The van der Waals surface area contributed by atoms with Crippen molar-refractivity contribution >= 4 is 5.97 Å². The predicted molar refractivity (Wildman–Crippen MR) is 62.6 cm³/mol. The first-order valence-electron chi connectivity index (χ1n) is 5.99. The molecule has 0 amide bonds. The molecule has 4 nitrogen and oxygen atoms in total. The van der Waals surface area contributed by atoms with E-state index >= 15 is 0 Å². The van der Waals surface area contributed by atoms with E-state index in [-0.39, 0.29) is 12.7 Å². The standard InChI is InChI=1S/C12H24O4/c1-4-5-6-7-8-10(2)16-11(9-15-3)12(13)14/h10-11H,4-9H2,1-3H3,(H,13,14). The van der Waals surface area contributed by atoms with Gasteiger partial charge in [-0.25, -0.2) is 4.79 Å². The first kappa shape index (κ1) is 15.4. The molecule has 0 aromatic heterocycles. The second kappa shape index (κ2) is 9.60. The summed E-state index contributed by atoms with van der Waals surface area (Å²) in [5.74, 6) is -0.956. The molecule has 0 bridgehead atoms. The lowest BCUT2D eigenvalue weighted by atomic mass is 10.1. The smallest absolute Gasteiger partial charge is 0.335 e. The fraction of sp³-hybridized carbons (Fsp3) is 0.917. The molecule has 2 atom stereocenters. The van der Waals surface area contributed by atoms with E-state index in [0.29, 0.717) is 0 Å². The van der Waals surface area contributed by atoms with Crippen molar-refractivity contribution in [3.8, 4) is 0 Å². The zero-order valence-corrected chi connectivity index (χ0v) is 10.6. The maximum atomic E-state index is 10.8. The number of unbranched alkanes of at least 4 members (excludes halogenated alkanes) is 3. The summed E-state index contributed by atoms with van der Waals surface area (Å²) in [6, 6.07) is 0. The number of rotatable bonds is 10. The number of carboxylic acids is 1. The van der Waals surface area contributed by atoms with Crippen LogP contribution in [0.4, 0.5) is 0 Å². The molecule has 0 radical (unpaired) electrons. The summed E-state index contributed by atoms with van der Waals surface area (Å²) in [6.45, 7) is 4.19. The van der Waals surface area contributed by atoms with Gasteiger partial charge in [0, 0.05) is 7.11 Å². The Bertz CT molecular complexity index is 182. The second-order valence-electron chi connectivity index (χ2n) is 4.08. The van der Waals surface area contributed by atoms with E-state index in [1.54, 1.807) is 0 Å². The Hall–Kier alpha value is -0.610. The lowest BCUT2D eigenvalue weighted by Gasteiger charge is -2.18. The quantitative estimate of drug-likeness (QED) is 0.588. The predicted octanol–water partition coefficient (Wildman–Crippen LogP) is 2.46. The van der Waals surface area contributed by atoms with Crippen LogP contribution in [0.3, 0.4) is 0 Å². The Morgan fingerprint density at radius 1 is 1.31 bits per heavy atom. The van der Waals surface area contributed by atoms with Crippen LogP contribution >= 0.6 is 0 Å². The van der Waals surface area contributed by atoms with Crippen LogP contribution in [-0.2, 0) is 14.3 Å². The first-order chi connectivity index (χ1) is 7.61. The molecule has 0 aromatic rings. The minimum atomic E-state index is -0.956. The van der Waals surface area contributed by atoms with Crippen LogP contribution in [0.1, 0.15) is 46.0 Å². The largest absolute Gasteiger partial charge is 0.479 e. The van der Waals surface area contributed by atoms with Crippen LogP contribution in [0, 0.1) is 0 Å². The van der Waals surface area contributed by atoms with Gasteiger partial charge >= 0.3 is 5.97 Å². The summed E-state index contributed by atoms with van der Waals surface area (Å²) < 4.78 is 10.2. The van der Waals surface area contributed by atoms with Crippen molar-refractivity contribution in [3.63, 3.8) is 0 Å². The molecule has 0 aromatic carbocycles. The van der Waals surface area contributed by atoms with Crippen molar-refractivity contribution in [2.45, 2.75) is 58.2 Å². The highest BCUT2D eigenvalue weighted by Gasteiger charge is 2.20. The van der Waals surface area contributed by atoms with Gasteiger partial charge < -0.3 is 14.6 Å². The molecule has 4 heteroatoms. The Morgan fingerprint density at radius 3 is 2.50 bits per heavy atom. The van der Waals surface area contributed by atoms with Crippen molar-refractivity contribution < 1.29 is 19.4 Å². The normalized spacial score (nSPS) is 14.7. The van der Waals surface area contributed by atoms with Gasteiger partial charge in [-0.2, -0.15) is 0 Å². The Morgan fingerprint density at radius 2 is 2.00 bits per heavy atom. The van der Waals surface area contributed by atoms with Gasteiger partial charge in [0.1, 0.15) is 0 Å². The van der Waals surface area contributed by atoms with Crippen molar-refractivity contribution in [2.24, 2.45) is 0 Å². The summed E-state index contributed by atoms with van der Waals surface area (Å²) in [4.78, 5) is 10.8. The lowest BCUT2D eigenvalue weighted by Crippen LogP contribution is -2.32. The van der Waals surface area contributed by atoms with Crippen LogP contribution in [0.15, 0.2) is 0 Å². The van der Waals surface area contributed by atoms with Crippen molar-refractivity contribution in [2.75, 3.05) is 13.7 Å². The van der Waals surface area contributed by atoms with Gasteiger partial charge in [0.25, 0.3) is 0 Å². The van der Waals surface area contributed by atoms with Gasteiger partial charge in [-0.3, -0.25) is 0 Å². The molecule has 0 saturated heterocycles. The third kappa shape index (κ3) is 7.65. The lowest BCUT2D eigenvalue weighted by molar-refractivity contribution is -0.158. The second-order valence-corrected chi connectivity index (χ2v) is 4.08. The fourth-order valence-corrected chi connectivity index (χ4v) is 1.53. The van der Waals surface area contributed by atoms with Crippen molar-refractivity contribution in [1.82, 2.24) is 0 Å². The van der Waals surface area contributed by atoms with E-state index in [9.17, 15) is 4.79 Å². The third-order valence-corrected chi connectivity index (χ3v) is 2.45. The minimum Gasteiger partial charge on any atom is -0.479 e. The zero-order valence-electron chi connectivity index (χ0n) is 10.6. The van der Waals surface area contributed by atoms with E-state index in [1.807, 2.05) is 6.92 Å². The average Bonchev–Trinajstić information content (AvgIpc) is 2.23. The molecule has 0 aliphatic heterocycles. The molecule has 96 valence electrons. The van der Waals surface area contributed by atoms with Crippen LogP contribution in [-0.4, -0.2) is 37.0 Å². The SMILES string of the molecule is CCCCCCC(C)OC(COC)C(=O)O. The summed E-state index contributed by atoms with van der Waals surface area (Å²) in [7, 11) is 1.48. The number of carbonyl (C=O) groups is 1. The maximum Gasteiger partial charge on any atom is 0.335 e. The van der Waals surface area contributed by atoms with Crippen LogP contribution in [0.2, 0.25) is 0 Å². The molecule has 2 unspecified atom stereocenters. The van der Waals surface area contributed by atoms with Crippen LogP contribution in [0.5, 0.6) is 0 Å². The molecule has 0 saturated carbocycles. The van der Waals surface area contributed by atoms with Crippen LogP contribution < -0.4 is 0 Å². The highest BCUT2D eigenvalue weighted by atomic mass is 16.6. The molecule has 0 rings (SSSR count). The third-order valence-electron chi connectivity index (χ3n) is 2.45. The molecular weight excluding hydrogens is 208 g/mol. The monoisotopic (exact) mass is 232 g/mol. The van der Waals surface area contributed by atoms with Gasteiger partial charge in [-0.1, -0.05) is 32.6 Å². The average molecular weight is 232 g/mol. The number of ether oxygens (including phenoxy) is 2. The Balaban J connectivity index is 3.72. The highest BCUT2D eigenvalue weighted by molar-refractivity contribution is 5.72. The topological polar surface area (TPSA) is 55.8 Å². The van der Waals surface area contributed by atoms with E-state index in [1.165, 1.54) is 26.4 Å². The van der Waals surface area contributed by atoms with Gasteiger partial charge in [-0.15, -0.1) is 0 Å². The number of aliphatic carboxylic acids is 1. The Labute approximate surface area is 97.9 Å². The van der Waals surface area contributed by atoms with Crippen molar-refractivity contribution in [3.05, 3.63) is 0 Å². The van der Waals surface area contributed by atoms with E-state index in [2.05, 4.69) is 6.92 Å². The number of carboxylic acid groups (broad SMARTS) is 1. The molecule has 0 aliphatic carbocycles. The molecule has 0 spiro atoms. The molecule has 0 fully saturated rings. The van der Waals surface area contributed by atoms with Gasteiger partial charge in [0.05, 0.1) is 12.7 Å². The number of methoxy groups -OCH3 is 1. The van der Waals surface area contributed by atoms with Gasteiger partial charge in [0.15, 0.2) is 6.10 Å². The maximum absolute atomic E-state index is 10.8. The molecule has 16 heavy (non-hydrogen) atoms. The fourth-order valence-electron chi connectivity index (χ4n) is 1.53. The number of hydrogen-bond acceptors (Lipinski definition) is 3. The molecule has 0 heterocycles. The zero-order chi connectivity index (χ0) is 12.4. The molecule has 1 N–H and O–H groups in total. The first-order valence-corrected chi connectivity index (χ1v) is 5.99. The minimum absolute atomic E-state index is 0.0203. The van der Waals surface area contributed by atoms with E-state index in [4.69, 9.17) is 14.6 Å². The summed E-state index contributed by atoms with van der Waals surface area (Å²) >= 11 is 0. The van der Waals surface area contributed by atoms with Crippen molar-refractivity contribution in [1.29, 1.82) is 0 Å². The van der Waals surface area contributed by atoms with Gasteiger partial charge in [0.2, 0.25) is 0 Å². The van der Waals surface area contributed by atoms with Gasteiger partial charge in [-0.05, 0) is 13.3 Å². The Kier molecular flexibility index (Phi) is 9.24. The number of hydrogen-bond donors (Lipinski definition) is 1. The summed E-state index contributed by atoms with van der Waals surface area (Å²) in [6.07, 6.45) is 4.76. The highest BCUT2D eigenvalue weighted by Crippen LogP contribution is 2.10.